The third-order valence-corrected chi connectivity index (χ3v) is 9.97. The number of methoxy groups -OCH3 is 2. The minimum absolute atomic E-state index is 0.0173. The van der Waals surface area contributed by atoms with Crippen molar-refractivity contribution in [3.63, 3.8) is 0 Å². The second kappa shape index (κ2) is 22.3. The fourth-order valence-electron chi connectivity index (χ4n) is 4.44. The highest BCUT2D eigenvalue weighted by Gasteiger charge is 2.39. The monoisotopic (exact) mass is 740 g/mol. The molecular formula is C31H52N2O12S3. The molecule has 0 aromatic heterocycles. The summed E-state index contributed by atoms with van der Waals surface area (Å²) in [5.41, 5.74) is -2.37. The van der Waals surface area contributed by atoms with Crippen LogP contribution in [0.1, 0.15) is 53.4 Å². The second-order valence-electron chi connectivity index (χ2n) is 12.7. The van der Waals surface area contributed by atoms with Crippen molar-refractivity contribution < 1.29 is 57.6 Å². The molecule has 48 heavy (non-hydrogen) atoms. The number of carbonyl (C=O) groups is 6. The number of thioether (sulfide) groups is 2. The van der Waals surface area contributed by atoms with E-state index in [1.165, 1.54) is 37.9 Å². The molecule has 0 fully saturated rings. The predicted molar refractivity (Wildman–Crippen MR) is 187 cm³/mol. The summed E-state index contributed by atoms with van der Waals surface area (Å²) in [5, 5.41) is 7.92. The first-order chi connectivity index (χ1) is 22.2. The number of ether oxygens (including phenoxy) is 5. The van der Waals surface area contributed by atoms with E-state index in [1.54, 1.807) is 42.0 Å². The molecule has 0 radical (unpaired) electrons. The van der Waals surface area contributed by atoms with Crippen LogP contribution in [0.5, 0.6) is 0 Å². The molecule has 4 unspecified atom stereocenters. The Morgan fingerprint density at radius 3 is 1.48 bits per heavy atom. The second-order valence-corrected chi connectivity index (χ2v) is 16.3. The highest BCUT2D eigenvalue weighted by atomic mass is 32.2. The maximum atomic E-state index is 13.4. The minimum Gasteiger partial charge on any atom is -0.481 e. The number of hydrogen-bond donors (Lipinski definition) is 1. The maximum absolute atomic E-state index is 13.4. The molecule has 0 aromatic carbocycles. The van der Waals surface area contributed by atoms with Gasteiger partial charge in [0.15, 0.2) is 0 Å². The van der Waals surface area contributed by atoms with E-state index in [0.717, 1.165) is 23.5 Å². The van der Waals surface area contributed by atoms with Crippen molar-refractivity contribution >= 4 is 75.5 Å². The Balaban J connectivity index is 6.40. The van der Waals surface area contributed by atoms with Crippen LogP contribution < -0.4 is 0 Å². The van der Waals surface area contributed by atoms with Crippen LogP contribution in [0.2, 0.25) is 0 Å². The molecule has 0 aliphatic rings. The van der Waals surface area contributed by atoms with Crippen LogP contribution in [0.15, 0.2) is 0 Å². The lowest BCUT2D eigenvalue weighted by Gasteiger charge is -2.30. The smallest absolute Gasteiger partial charge is 0.309 e. The minimum atomic E-state index is -1.31. The van der Waals surface area contributed by atoms with Crippen LogP contribution in [0.4, 0.5) is 0 Å². The summed E-state index contributed by atoms with van der Waals surface area (Å²) in [5.74, 6) is -5.00. The maximum Gasteiger partial charge on any atom is 0.309 e. The van der Waals surface area contributed by atoms with Crippen LogP contribution >= 0.6 is 35.7 Å². The number of hydrogen-bond acceptors (Lipinski definition) is 14. The van der Waals surface area contributed by atoms with Gasteiger partial charge in [0.25, 0.3) is 6.47 Å². The molecule has 0 bridgehead atoms. The highest BCUT2D eigenvalue weighted by Crippen LogP contribution is 2.37. The van der Waals surface area contributed by atoms with Crippen molar-refractivity contribution in [3.05, 3.63) is 0 Å². The Kier molecular flexibility index (Phi) is 21.1. The van der Waals surface area contributed by atoms with Gasteiger partial charge in [-0.3, -0.25) is 28.8 Å². The normalized spacial score (nSPS) is 14.1. The van der Waals surface area contributed by atoms with Crippen molar-refractivity contribution in [2.75, 3.05) is 68.8 Å². The first-order valence-corrected chi connectivity index (χ1v) is 17.3. The van der Waals surface area contributed by atoms with Gasteiger partial charge < -0.3 is 38.6 Å². The molecule has 4 atom stereocenters. The Morgan fingerprint density at radius 2 is 1.15 bits per heavy atom. The van der Waals surface area contributed by atoms with Gasteiger partial charge >= 0.3 is 17.9 Å². The number of thiocarbonyl (C=S) groups is 1. The van der Waals surface area contributed by atoms with Gasteiger partial charge in [-0.1, -0.05) is 35.7 Å². The number of carboxylic acids is 1. The average molecular weight is 741 g/mol. The molecule has 17 heteroatoms. The molecule has 0 aliphatic carbocycles. The Hall–Kier alpha value is -2.47. The predicted octanol–water partition coefficient (Wildman–Crippen LogP) is 2.89. The van der Waals surface area contributed by atoms with E-state index in [2.05, 4.69) is 0 Å². The van der Waals surface area contributed by atoms with Crippen molar-refractivity contribution in [3.8, 4) is 0 Å². The zero-order valence-electron chi connectivity index (χ0n) is 29.6. The molecule has 276 valence electrons. The quantitative estimate of drug-likeness (QED) is 0.0532. The third kappa shape index (κ3) is 17.3. The Bertz CT molecular complexity index is 1100. The molecule has 1 N–H and O–H groups in total. The molecule has 14 nitrogen and oxygen atoms in total. The fourth-order valence-corrected chi connectivity index (χ4v) is 7.80. The number of carbonyl (C=O) groups excluding carboxylic acids is 5. The number of esters is 2. The van der Waals surface area contributed by atoms with Crippen molar-refractivity contribution in [1.82, 2.24) is 9.80 Å². The summed E-state index contributed by atoms with van der Waals surface area (Å²) in [7, 11) is 9.10. The largest absolute Gasteiger partial charge is 0.481 e. The molecule has 0 saturated carbocycles. The molecular weight excluding hydrogens is 689 g/mol. The van der Waals surface area contributed by atoms with Gasteiger partial charge in [0.05, 0.1) is 41.0 Å². The molecule has 0 rings (SSSR count). The standard InChI is InChI=1S/C31H52N2O12S3/c1-30(2,28(39)40)17-20(26(37)43-13-11-41-9)15-22(24(35)32(5)6)47-29(46)48-23(25(36)33(7)8)16-21(18-31(3,4)45-19-34)27(38)44-14-12-42-10/h19-23H,11-18H2,1-10H3,(H,39,40). The van der Waals surface area contributed by atoms with Gasteiger partial charge in [0.2, 0.25) is 11.8 Å². The number of aliphatic carboxylic acids is 1. The zero-order chi connectivity index (χ0) is 37.2. The Labute approximate surface area is 297 Å². The summed E-state index contributed by atoms with van der Waals surface area (Å²) in [4.78, 5) is 78.8. The van der Waals surface area contributed by atoms with Gasteiger partial charge in [0, 0.05) is 42.4 Å². The number of nitrogens with zero attached hydrogens (tertiary/aromatic N) is 2. The molecule has 2 amide bonds. The van der Waals surface area contributed by atoms with E-state index in [-0.39, 0.29) is 73.9 Å². The van der Waals surface area contributed by atoms with Crippen molar-refractivity contribution in [2.24, 2.45) is 17.3 Å². The summed E-state index contributed by atoms with van der Waals surface area (Å²) >= 11 is 7.64. The molecule has 0 heterocycles. The molecule has 0 saturated heterocycles. The lowest BCUT2D eigenvalue weighted by molar-refractivity contribution is -0.156. The average Bonchev–Trinajstić information content (AvgIpc) is 2.98. The van der Waals surface area contributed by atoms with Gasteiger partial charge in [0.1, 0.15) is 22.3 Å². The van der Waals surface area contributed by atoms with E-state index < -0.39 is 51.3 Å². The SMILES string of the molecule is COCCOC(=O)C(CC(SC(=S)SC(CC(CC(C)(C)C(=O)O)C(=O)OCCOC)C(=O)N(C)C)C(=O)N(C)C)CC(C)(C)OC=O. The van der Waals surface area contributed by atoms with Crippen molar-refractivity contribution in [1.29, 1.82) is 0 Å². The highest BCUT2D eigenvalue weighted by molar-refractivity contribution is 8.47. The van der Waals surface area contributed by atoms with Crippen LogP contribution in [0.25, 0.3) is 0 Å². The van der Waals surface area contributed by atoms with E-state index in [4.69, 9.17) is 35.9 Å². The molecule has 0 aliphatic heterocycles. The van der Waals surface area contributed by atoms with Gasteiger partial charge in [-0.05, 0) is 53.4 Å². The van der Waals surface area contributed by atoms with Gasteiger partial charge in [-0.15, -0.1) is 0 Å². The summed E-state index contributed by atoms with van der Waals surface area (Å²) in [6.07, 6.45) is -0.196. The van der Waals surface area contributed by atoms with Crippen molar-refractivity contribution in [2.45, 2.75) is 69.5 Å². The number of rotatable bonds is 23. The van der Waals surface area contributed by atoms with Crippen LogP contribution in [-0.2, 0) is 52.5 Å². The fraction of sp³-hybridized carbons (Fsp3) is 0.774. The molecule has 0 spiro atoms. The first kappa shape index (κ1) is 45.5. The first-order valence-electron chi connectivity index (χ1n) is 15.2. The summed E-state index contributed by atoms with van der Waals surface area (Å²) in [6.45, 7) is 6.75. The van der Waals surface area contributed by atoms with Crippen LogP contribution in [0, 0.1) is 17.3 Å². The summed E-state index contributed by atoms with van der Waals surface area (Å²) < 4.78 is 26.0. The van der Waals surface area contributed by atoms with E-state index in [9.17, 15) is 33.9 Å². The van der Waals surface area contributed by atoms with E-state index >= 15 is 0 Å². The lowest BCUT2D eigenvalue weighted by Crippen LogP contribution is -2.39. The zero-order valence-corrected chi connectivity index (χ0v) is 32.1. The lowest BCUT2D eigenvalue weighted by atomic mass is 9.81. The Morgan fingerprint density at radius 1 is 0.750 bits per heavy atom. The van der Waals surface area contributed by atoms with Gasteiger partial charge in [-0.25, -0.2) is 0 Å². The third-order valence-electron chi connectivity index (χ3n) is 7.08. The number of carboxylic acid groups (broad SMARTS) is 1. The molecule has 0 aromatic rings. The van der Waals surface area contributed by atoms with Crippen LogP contribution in [0.3, 0.4) is 0 Å². The topological polar surface area (TPSA) is 175 Å². The van der Waals surface area contributed by atoms with E-state index in [0.29, 0.717) is 0 Å². The number of amides is 2. The van der Waals surface area contributed by atoms with E-state index in [1.807, 2.05) is 0 Å². The van der Waals surface area contributed by atoms with Crippen LogP contribution in [-0.4, -0.2) is 140 Å². The van der Waals surface area contributed by atoms with Gasteiger partial charge in [-0.2, -0.15) is 0 Å². The summed E-state index contributed by atoms with van der Waals surface area (Å²) in [6, 6.07) is 0.